The predicted molar refractivity (Wildman–Crippen MR) is 143 cm³/mol. The van der Waals surface area contributed by atoms with Crippen molar-refractivity contribution in [3.63, 3.8) is 0 Å². The second-order valence-electron chi connectivity index (χ2n) is 10.2. The zero-order chi connectivity index (χ0) is 25.9. The van der Waals surface area contributed by atoms with Gasteiger partial charge in [0.2, 0.25) is 11.8 Å². The number of hydrogen-bond donors (Lipinski definition) is 1. The molecule has 190 valence electrons. The fourth-order valence-corrected chi connectivity index (χ4v) is 5.51. The van der Waals surface area contributed by atoms with Gasteiger partial charge in [-0.05, 0) is 47.1 Å². The Morgan fingerprint density at radius 1 is 0.919 bits per heavy atom. The summed E-state index contributed by atoms with van der Waals surface area (Å²) in [6.45, 7) is 5.28. The van der Waals surface area contributed by atoms with Crippen molar-refractivity contribution in [3.8, 4) is 11.1 Å². The van der Waals surface area contributed by atoms with Gasteiger partial charge in [0.25, 0.3) is 5.91 Å². The number of rotatable bonds is 7. The first-order valence-electron chi connectivity index (χ1n) is 13.1. The molecule has 0 unspecified atom stereocenters. The molecule has 37 heavy (non-hydrogen) atoms. The van der Waals surface area contributed by atoms with Crippen molar-refractivity contribution in [2.75, 3.05) is 6.54 Å². The monoisotopic (exact) mass is 495 g/mol. The summed E-state index contributed by atoms with van der Waals surface area (Å²) in [5.41, 5.74) is 4.89. The first-order valence-corrected chi connectivity index (χ1v) is 13.1. The van der Waals surface area contributed by atoms with Gasteiger partial charge in [-0.3, -0.25) is 14.4 Å². The van der Waals surface area contributed by atoms with Gasteiger partial charge in [0.05, 0.1) is 0 Å². The summed E-state index contributed by atoms with van der Waals surface area (Å²) in [7, 11) is 0. The van der Waals surface area contributed by atoms with E-state index in [0.29, 0.717) is 31.6 Å². The first-order chi connectivity index (χ1) is 17.9. The Kier molecular flexibility index (Phi) is 7.08. The average molecular weight is 496 g/mol. The lowest BCUT2D eigenvalue weighted by atomic mass is 10.0. The number of likely N-dealkylation sites (tertiary alicyclic amines) is 1. The van der Waals surface area contributed by atoms with E-state index < -0.39 is 12.1 Å². The van der Waals surface area contributed by atoms with Crippen LogP contribution >= 0.6 is 0 Å². The fraction of sp³-hybridized carbons (Fsp3) is 0.323. The van der Waals surface area contributed by atoms with Crippen molar-refractivity contribution in [2.45, 2.75) is 51.9 Å². The molecular weight excluding hydrogens is 462 g/mol. The highest BCUT2D eigenvalue weighted by Gasteiger charge is 2.43. The molecule has 2 atom stereocenters. The van der Waals surface area contributed by atoms with Crippen LogP contribution in [0.15, 0.2) is 78.9 Å². The summed E-state index contributed by atoms with van der Waals surface area (Å²) in [5.74, 6) is -0.461. The van der Waals surface area contributed by atoms with Gasteiger partial charge in [0.1, 0.15) is 12.1 Å². The van der Waals surface area contributed by atoms with Gasteiger partial charge < -0.3 is 15.1 Å². The van der Waals surface area contributed by atoms with Crippen molar-refractivity contribution in [1.29, 1.82) is 0 Å². The highest BCUT2D eigenvalue weighted by atomic mass is 16.2. The minimum Gasteiger partial charge on any atom is -0.350 e. The van der Waals surface area contributed by atoms with E-state index in [4.69, 9.17) is 0 Å². The van der Waals surface area contributed by atoms with E-state index in [0.717, 1.165) is 28.7 Å². The molecule has 3 aromatic rings. The van der Waals surface area contributed by atoms with Crippen molar-refractivity contribution in [1.82, 2.24) is 15.1 Å². The van der Waals surface area contributed by atoms with E-state index >= 15 is 0 Å². The molecule has 2 heterocycles. The summed E-state index contributed by atoms with van der Waals surface area (Å²) in [6.07, 6.45) is 1.40. The van der Waals surface area contributed by atoms with Crippen molar-refractivity contribution in [3.05, 3.63) is 95.6 Å². The maximum absolute atomic E-state index is 13.8. The van der Waals surface area contributed by atoms with Gasteiger partial charge >= 0.3 is 0 Å². The zero-order valence-electron chi connectivity index (χ0n) is 21.4. The maximum atomic E-state index is 13.8. The Balaban J connectivity index is 1.24. The van der Waals surface area contributed by atoms with E-state index in [9.17, 15) is 14.4 Å². The molecule has 0 aromatic heterocycles. The average Bonchev–Trinajstić information content (AvgIpc) is 3.54. The lowest BCUT2D eigenvalue weighted by molar-refractivity contribution is -0.143. The van der Waals surface area contributed by atoms with Crippen LogP contribution in [0, 0.1) is 5.92 Å². The Labute approximate surface area is 218 Å². The zero-order valence-corrected chi connectivity index (χ0v) is 21.4. The number of benzene rings is 3. The Bertz CT molecular complexity index is 1290. The van der Waals surface area contributed by atoms with Crippen LogP contribution in [0.2, 0.25) is 0 Å². The number of nitrogens with zero attached hydrogens (tertiary/aromatic N) is 2. The molecule has 3 aromatic carbocycles. The molecule has 1 saturated heterocycles. The lowest BCUT2D eigenvalue weighted by Crippen LogP contribution is -2.55. The van der Waals surface area contributed by atoms with Gasteiger partial charge in [-0.15, -0.1) is 0 Å². The highest BCUT2D eigenvalue weighted by Crippen LogP contribution is 2.30. The summed E-state index contributed by atoms with van der Waals surface area (Å²) in [6, 6.07) is 24.7. The third kappa shape index (κ3) is 5.01. The van der Waals surface area contributed by atoms with E-state index in [1.165, 1.54) is 0 Å². The lowest BCUT2D eigenvalue weighted by Gasteiger charge is -2.35. The van der Waals surface area contributed by atoms with E-state index in [1.807, 2.05) is 68.4 Å². The SMILES string of the molecule is CC(C)[C@@H](C(=O)N1CCC[C@H]1C(=O)NCc1ccc(-c2ccccc2)cc1)N1Cc2ccccc2C1=O. The van der Waals surface area contributed by atoms with Gasteiger partial charge in [0, 0.05) is 25.2 Å². The Hall–Kier alpha value is -3.93. The number of amides is 3. The van der Waals surface area contributed by atoms with E-state index in [2.05, 4.69) is 29.6 Å². The molecule has 0 bridgehead atoms. The van der Waals surface area contributed by atoms with Gasteiger partial charge in [-0.2, -0.15) is 0 Å². The van der Waals surface area contributed by atoms with Crippen LogP contribution in [0.5, 0.6) is 0 Å². The summed E-state index contributed by atoms with van der Waals surface area (Å²) >= 11 is 0. The molecule has 2 aliphatic rings. The number of carbonyl (C=O) groups excluding carboxylic acids is 3. The maximum Gasteiger partial charge on any atom is 0.255 e. The summed E-state index contributed by atoms with van der Waals surface area (Å²) in [4.78, 5) is 43.5. The standard InChI is InChI=1S/C31H33N3O3/c1-21(2)28(34-20-25-11-6-7-12-26(25)30(34)36)31(37)33-18-8-13-27(33)29(35)32-19-22-14-16-24(17-15-22)23-9-4-3-5-10-23/h3-7,9-12,14-17,21,27-28H,8,13,18-20H2,1-2H3,(H,32,35)/t27-,28-/m0/s1. The molecule has 0 radical (unpaired) electrons. The first kappa shape index (κ1) is 24.8. The third-order valence-corrected chi connectivity index (χ3v) is 7.44. The molecule has 2 aliphatic heterocycles. The van der Waals surface area contributed by atoms with Crippen molar-refractivity contribution in [2.24, 2.45) is 5.92 Å². The molecule has 6 nitrogen and oxygen atoms in total. The van der Waals surface area contributed by atoms with Crippen LogP contribution in [-0.2, 0) is 22.7 Å². The van der Waals surface area contributed by atoms with Crippen LogP contribution in [0.1, 0.15) is 48.2 Å². The van der Waals surface area contributed by atoms with Crippen LogP contribution in [0.4, 0.5) is 0 Å². The smallest absolute Gasteiger partial charge is 0.255 e. The Morgan fingerprint density at radius 3 is 2.30 bits per heavy atom. The van der Waals surface area contributed by atoms with Crippen molar-refractivity contribution >= 4 is 17.7 Å². The molecule has 6 heteroatoms. The van der Waals surface area contributed by atoms with E-state index in [-0.39, 0.29) is 23.6 Å². The van der Waals surface area contributed by atoms with E-state index in [1.54, 1.807) is 9.80 Å². The van der Waals surface area contributed by atoms with Crippen LogP contribution in [0.25, 0.3) is 11.1 Å². The molecule has 1 N–H and O–H groups in total. The highest BCUT2D eigenvalue weighted by molar-refractivity contribution is 6.01. The molecule has 1 fully saturated rings. The minimum atomic E-state index is -0.598. The number of fused-ring (bicyclic) bond motifs is 1. The number of hydrogen-bond acceptors (Lipinski definition) is 3. The van der Waals surface area contributed by atoms with Crippen LogP contribution < -0.4 is 5.32 Å². The fourth-order valence-electron chi connectivity index (χ4n) is 5.51. The molecule has 0 spiro atoms. The van der Waals surface area contributed by atoms with Crippen LogP contribution in [0.3, 0.4) is 0 Å². The quantitative estimate of drug-likeness (QED) is 0.519. The van der Waals surface area contributed by atoms with Gasteiger partial charge in [-0.25, -0.2) is 0 Å². The molecule has 0 saturated carbocycles. The Morgan fingerprint density at radius 2 is 1.59 bits per heavy atom. The normalized spacial score (nSPS) is 17.7. The summed E-state index contributed by atoms with van der Waals surface area (Å²) < 4.78 is 0. The second-order valence-corrected chi connectivity index (χ2v) is 10.2. The topological polar surface area (TPSA) is 69.7 Å². The molecule has 0 aliphatic carbocycles. The van der Waals surface area contributed by atoms with Gasteiger partial charge in [0.15, 0.2) is 0 Å². The third-order valence-electron chi connectivity index (χ3n) is 7.44. The van der Waals surface area contributed by atoms with Gasteiger partial charge in [-0.1, -0.05) is 86.6 Å². The predicted octanol–water partition coefficient (Wildman–Crippen LogP) is 4.64. The van der Waals surface area contributed by atoms with Crippen molar-refractivity contribution < 1.29 is 14.4 Å². The molecular formula is C31H33N3O3. The van der Waals surface area contributed by atoms with Crippen LogP contribution in [-0.4, -0.2) is 46.1 Å². The summed E-state index contributed by atoms with van der Waals surface area (Å²) in [5, 5.41) is 3.03. The minimum absolute atomic E-state index is 0.0711. The number of nitrogens with one attached hydrogen (secondary N) is 1. The molecule has 5 rings (SSSR count). The largest absolute Gasteiger partial charge is 0.350 e. The number of carbonyl (C=O) groups is 3. The second kappa shape index (κ2) is 10.6. The molecule has 3 amide bonds.